The Hall–Kier alpha value is -1.40. The molecule has 1 amide bonds. The van der Waals surface area contributed by atoms with Crippen molar-refractivity contribution in [3.63, 3.8) is 0 Å². The van der Waals surface area contributed by atoms with Crippen LogP contribution in [0.2, 0.25) is 0 Å². The van der Waals surface area contributed by atoms with Gasteiger partial charge in [-0.15, -0.1) is 0 Å². The van der Waals surface area contributed by atoms with Gasteiger partial charge < -0.3 is 11.1 Å². The fourth-order valence-electron chi connectivity index (χ4n) is 2.62. The van der Waals surface area contributed by atoms with Gasteiger partial charge in [0.2, 0.25) is 0 Å². The van der Waals surface area contributed by atoms with Crippen molar-refractivity contribution in [2.24, 2.45) is 5.73 Å². The number of hydrogen-bond acceptors (Lipinski definition) is 4. The van der Waals surface area contributed by atoms with E-state index in [0.717, 1.165) is 38.4 Å². The molecule has 0 aliphatic heterocycles. The zero-order chi connectivity index (χ0) is 15.5. The van der Waals surface area contributed by atoms with Crippen LogP contribution in [-0.2, 0) is 9.84 Å². The lowest BCUT2D eigenvalue weighted by molar-refractivity contribution is 0.0928. The second kappa shape index (κ2) is 6.58. The van der Waals surface area contributed by atoms with Crippen molar-refractivity contribution < 1.29 is 13.2 Å². The summed E-state index contributed by atoms with van der Waals surface area (Å²) >= 11 is 0. The van der Waals surface area contributed by atoms with Crippen molar-refractivity contribution in [2.75, 3.05) is 6.26 Å². The van der Waals surface area contributed by atoms with Crippen molar-refractivity contribution >= 4 is 15.7 Å². The second-order valence-corrected chi connectivity index (χ2v) is 7.69. The summed E-state index contributed by atoms with van der Waals surface area (Å²) in [7, 11) is -3.24. The van der Waals surface area contributed by atoms with Gasteiger partial charge in [-0.3, -0.25) is 4.79 Å². The van der Waals surface area contributed by atoms with Crippen molar-refractivity contribution in [1.29, 1.82) is 0 Å². The van der Waals surface area contributed by atoms with Crippen LogP contribution < -0.4 is 11.1 Å². The molecule has 0 spiro atoms. The average Bonchev–Trinajstić information content (AvgIpc) is 2.63. The molecule has 2 rings (SSSR count). The number of carbonyl (C=O) groups is 1. The topological polar surface area (TPSA) is 89.3 Å². The van der Waals surface area contributed by atoms with Crippen LogP contribution in [0.15, 0.2) is 29.2 Å². The first-order valence-electron chi connectivity index (χ1n) is 7.24. The van der Waals surface area contributed by atoms with Crippen LogP contribution in [0.1, 0.15) is 42.5 Å². The molecule has 1 aliphatic carbocycles. The molecule has 3 N–H and O–H groups in total. The molecule has 5 nitrogen and oxygen atoms in total. The summed E-state index contributed by atoms with van der Waals surface area (Å²) in [5.41, 5.74) is 6.55. The smallest absolute Gasteiger partial charge is 0.251 e. The molecule has 0 heterocycles. The fraction of sp³-hybridized carbons (Fsp3) is 0.533. The number of nitrogens with one attached hydrogen (secondary N) is 1. The summed E-state index contributed by atoms with van der Waals surface area (Å²) in [5, 5.41) is 2.97. The van der Waals surface area contributed by atoms with Gasteiger partial charge in [-0.05, 0) is 37.1 Å². The minimum Gasteiger partial charge on any atom is -0.348 e. The van der Waals surface area contributed by atoms with E-state index < -0.39 is 9.84 Å². The van der Waals surface area contributed by atoms with Gasteiger partial charge in [-0.2, -0.15) is 0 Å². The van der Waals surface area contributed by atoms with Crippen LogP contribution >= 0.6 is 0 Å². The maximum absolute atomic E-state index is 12.2. The lowest BCUT2D eigenvalue weighted by atomic mass is 10.0. The zero-order valence-electron chi connectivity index (χ0n) is 12.2. The van der Waals surface area contributed by atoms with Crippen LogP contribution in [0.4, 0.5) is 0 Å². The summed E-state index contributed by atoms with van der Waals surface area (Å²) in [4.78, 5) is 12.4. The second-order valence-electron chi connectivity index (χ2n) is 5.68. The quantitative estimate of drug-likeness (QED) is 0.828. The van der Waals surface area contributed by atoms with Gasteiger partial charge >= 0.3 is 0 Å². The highest BCUT2D eigenvalue weighted by Crippen LogP contribution is 2.17. The number of rotatable bonds is 3. The Morgan fingerprint density at radius 2 is 1.76 bits per heavy atom. The predicted molar refractivity (Wildman–Crippen MR) is 81.9 cm³/mol. The minimum absolute atomic E-state index is 0.00501. The van der Waals surface area contributed by atoms with Gasteiger partial charge in [0.1, 0.15) is 0 Å². The molecule has 0 radical (unpaired) electrons. The lowest BCUT2D eigenvalue weighted by Gasteiger charge is -2.22. The van der Waals surface area contributed by atoms with E-state index in [0.29, 0.717) is 5.56 Å². The predicted octanol–water partition coefficient (Wildman–Crippen LogP) is 1.48. The third-order valence-corrected chi connectivity index (χ3v) is 5.06. The standard InChI is InChI=1S/C15H22N2O3S/c1-21(19,20)12-9-7-11(8-10-12)15(18)17-14-6-4-2-3-5-13(14)16/h7-10,13-14H,2-6,16H2,1H3,(H,17,18). The average molecular weight is 310 g/mol. The summed E-state index contributed by atoms with van der Waals surface area (Å²) in [6.07, 6.45) is 6.31. The largest absolute Gasteiger partial charge is 0.348 e. The molecule has 6 heteroatoms. The normalized spacial score (nSPS) is 23.3. The van der Waals surface area contributed by atoms with Crippen molar-refractivity contribution in [3.8, 4) is 0 Å². The van der Waals surface area contributed by atoms with Gasteiger partial charge in [-0.1, -0.05) is 19.3 Å². The molecule has 0 saturated heterocycles. The number of benzene rings is 1. The van der Waals surface area contributed by atoms with Gasteiger partial charge in [0.25, 0.3) is 5.91 Å². The van der Waals surface area contributed by atoms with Crippen molar-refractivity contribution in [2.45, 2.75) is 49.1 Å². The molecule has 2 atom stereocenters. The van der Waals surface area contributed by atoms with Gasteiger partial charge in [0.15, 0.2) is 9.84 Å². The number of sulfone groups is 1. The molecular formula is C15H22N2O3S. The molecule has 1 aromatic rings. The highest BCUT2D eigenvalue weighted by atomic mass is 32.2. The third kappa shape index (κ3) is 4.28. The number of nitrogens with two attached hydrogens (primary N) is 1. The van der Waals surface area contributed by atoms with E-state index in [1.165, 1.54) is 24.3 Å². The molecule has 2 unspecified atom stereocenters. The Labute approximate surface area is 125 Å². The molecule has 0 aromatic heterocycles. The molecule has 1 aliphatic rings. The number of amides is 1. The minimum atomic E-state index is -3.24. The van der Waals surface area contributed by atoms with E-state index in [9.17, 15) is 13.2 Å². The fourth-order valence-corrected chi connectivity index (χ4v) is 3.25. The van der Waals surface area contributed by atoms with Crippen LogP contribution in [0.25, 0.3) is 0 Å². The van der Waals surface area contributed by atoms with E-state index in [1.807, 2.05) is 0 Å². The monoisotopic (exact) mass is 310 g/mol. The summed E-state index contributed by atoms with van der Waals surface area (Å²) in [6, 6.07) is 5.97. The molecule has 0 bridgehead atoms. The maximum Gasteiger partial charge on any atom is 0.251 e. The summed E-state index contributed by atoms with van der Waals surface area (Å²) < 4.78 is 22.8. The lowest BCUT2D eigenvalue weighted by Crippen LogP contribution is -2.46. The Kier molecular flexibility index (Phi) is 5.00. The molecular weight excluding hydrogens is 288 g/mol. The van der Waals surface area contributed by atoms with E-state index >= 15 is 0 Å². The number of hydrogen-bond donors (Lipinski definition) is 2. The number of carbonyl (C=O) groups excluding carboxylic acids is 1. The van der Waals surface area contributed by atoms with Gasteiger partial charge in [0.05, 0.1) is 4.90 Å². The molecule has 1 fully saturated rings. The SMILES string of the molecule is CS(=O)(=O)c1ccc(C(=O)NC2CCCCCC2N)cc1. The van der Waals surface area contributed by atoms with Gasteiger partial charge in [0, 0.05) is 23.9 Å². The maximum atomic E-state index is 12.2. The van der Waals surface area contributed by atoms with E-state index in [1.54, 1.807) is 0 Å². The van der Waals surface area contributed by atoms with Gasteiger partial charge in [-0.25, -0.2) is 8.42 Å². The Morgan fingerprint density at radius 1 is 1.14 bits per heavy atom. The first-order chi connectivity index (χ1) is 9.88. The Morgan fingerprint density at radius 3 is 2.38 bits per heavy atom. The Bertz CT molecular complexity index is 596. The first kappa shape index (κ1) is 16.0. The Balaban J connectivity index is 2.06. The first-order valence-corrected chi connectivity index (χ1v) is 9.13. The van der Waals surface area contributed by atoms with Crippen LogP contribution in [0.5, 0.6) is 0 Å². The van der Waals surface area contributed by atoms with E-state index in [4.69, 9.17) is 5.73 Å². The van der Waals surface area contributed by atoms with E-state index in [-0.39, 0.29) is 22.9 Å². The highest BCUT2D eigenvalue weighted by molar-refractivity contribution is 7.90. The van der Waals surface area contributed by atoms with Crippen LogP contribution in [0.3, 0.4) is 0 Å². The van der Waals surface area contributed by atoms with Crippen LogP contribution in [0, 0.1) is 0 Å². The summed E-state index contributed by atoms with van der Waals surface area (Å²) in [6.45, 7) is 0. The molecule has 1 aromatic carbocycles. The van der Waals surface area contributed by atoms with Crippen molar-refractivity contribution in [3.05, 3.63) is 29.8 Å². The summed E-state index contributed by atoms with van der Waals surface area (Å²) in [5.74, 6) is -0.197. The third-order valence-electron chi connectivity index (χ3n) is 3.93. The van der Waals surface area contributed by atoms with Crippen molar-refractivity contribution in [1.82, 2.24) is 5.32 Å². The van der Waals surface area contributed by atoms with E-state index in [2.05, 4.69) is 5.32 Å². The zero-order valence-corrected chi connectivity index (χ0v) is 13.0. The highest BCUT2D eigenvalue weighted by Gasteiger charge is 2.22. The molecule has 21 heavy (non-hydrogen) atoms. The molecule has 116 valence electrons. The van der Waals surface area contributed by atoms with Crippen LogP contribution in [-0.4, -0.2) is 32.7 Å². The molecule has 1 saturated carbocycles.